The van der Waals surface area contributed by atoms with Crippen molar-refractivity contribution in [1.29, 1.82) is 0 Å². The van der Waals surface area contributed by atoms with Crippen molar-refractivity contribution < 1.29 is 14.0 Å². The number of hydrogen-bond donors (Lipinski definition) is 2. The van der Waals surface area contributed by atoms with Gasteiger partial charge >= 0.3 is 0 Å². The van der Waals surface area contributed by atoms with Crippen LogP contribution in [0.4, 0.5) is 15.8 Å². The number of carbonyl (C=O) groups is 2. The highest BCUT2D eigenvalue weighted by Gasteiger charge is 2.18. The van der Waals surface area contributed by atoms with Gasteiger partial charge in [-0.05, 0) is 42.8 Å². The van der Waals surface area contributed by atoms with Gasteiger partial charge in [0.15, 0.2) is 0 Å². The second-order valence-corrected chi connectivity index (χ2v) is 8.43. The highest BCUT2D eigenvalue weighted by Crippen LogP contribution is 2.30. The number of benzene rings is 2. The molecule has 31 heavy (non-hydrogen) atoms. The monoisotopic (exact) mass is 456 g/mol. The second-order valence-electron chi connectivity index (χ2n) is 6.99. The van der Waals surface area contributed by atoms with E-state index < -0.39 is 11.7 Å². The van der Waals surface area contributed by atoms with Gasteiger partial charge in [0.05, 0.1) is 22.8 Å². The third-order valence-corrected chi connectivity index (χ3v) is 6.16. The fourth-order valence-electron chi connectivity index (χ4n) is 3.20. The Morgan fingerprint density at radius 1 is 1.16 bits per heavy atom. The number of thiophene rings is 1. The van der Waals surface area contributed by atoms with E-state index in [2.05, 4.69) is 15.7 Å². The Kier molecular flexibility index (Phi) is 5.75. The number of halogens is 2. The number of anilines is 2. The minimum atomic E-state index is -0.578. The van der Waals surface area contributed by atoms with Gasteiger partial charge in [-0.15, -0.1) is 11.3 Å². The average molecular weight is 457 g/mol. The van der Waals surface area contributed by atoms with Gasteiger partial charge in [0.1, 0.15) is 10.6 Å². The molecular weight excluding hydrogens is 439 g/mol. The third-order valence-electron chi connectivity index (χ3n) is 4.64. The average Bonchev–Trinajstić information content (AvgIpc) is 3.27. The Morgan fingerprint density at radius 2 is 1.94 bits per heavy atom. The minimum absolute atomic E-state index is 0.00728. The Hall–Kier alpha value is -3.23. The fourth-order valence-corrected chi connectivity index (χ4v) is 4.45. The van der Waals surface area contributed by atoms with Crippen LogP contribution < -0.4 is 10.6 Å². The van der Waals surface area contributed by atoms with Gasteiger partial charge in [-0.3, -0.25) is 14.3 Å². The summed E-state index contributed by atoms with van der Waals surface area (Å²) in [6.07, 6.45) is 0. The molecule has 0 aliphatic heterocycles. The molecular formula is C22H18ClFN4O2S. The lowest BCUT2D eigenvalue weighted by Crippen LogP contribution is -2.12. The van der Waals surface area contributed by atoms with Crippen molar-refractivity contribution in [2.24, 2.45) is 0 Å². The third kappa shape index (κ3) is 4.45. The lowest BCUT2D eigenvalue weighted by Gasteiger charge is -2.08. The largest absolute Gasteiger partial charge is 0.324 e. The van der Waals surface area contributed by atoms with E-state index in [1.807, 2.05) is 35.9 Å². The first-order valence-corrected chi connectivity index (χ1v) is 10.6. The maximum absolute atomic E-state index is 13.8. The van der Waals surface area contributed by atoms with Crippen LogP contribution in [0.2, 0.25) is 5.02 Å². The summed E-state index contributed by atoms with van der Waals surface area (Å²) >= 11 is 7.60. The highest BCUT2D eigenvalue weighted by atomic mass is 35.5. The molecule has 2 aromatic heterocycles. The van der Waals surface area contributed by atoms with Crippen molar-refractivity contribution in [2.45, 2.75) is 20.4 Å². The Morgan fingerprint density at radius 3 is 2.68 bits per heavy atom. The van der Waals surface area contributed by atoms with Crippen LogP contribution in [0.1, 0.15) is 27.9 Å². The predicted octanol–water partition coefficient (Wildman–Crippen LogP) is 5.46. The second kappa shape index (κ2) is 8.49. The summed E-state index contributed by atoms with van der Waals surface area (Å²) < 4.78 is 15.7. The van der Waals surface area contributed by atoms with E-state index in [1.165, 1.54) is 36.5 Å². The quantitative estimate of drug-likeness (QED) is 0.419. The molecule has 6 nitrogen and oxygen atoms in total. The number of carbonyl (C=O) groups excluding carboxylic acids is 2. The number of aromatic nitrogens is 2. The Balaban J connectivity index is 1.60. The minimum Gasteiger partial charge on any atom is -0.324 e. The zero-order chi connectivity index (χ0) is 22.1. The van der Waals surface area contributed by atoms with E-state index in [9.17, 15) is 14.0 Å². The van der Waals surface area contributed by atoms with E-state index in [0.29, 0.717) is 22.1 Å². The van der Waals surface area contributed by atoms with Crippen LogP contribution >= 0.6 is 22.9 Å². The maximum Gasteiger partial charge on any atom is 0.265 e. The number of nitrogens with one attached hydrogen (secondary N) is 2. The van der Waals surface area contributed by atoms with Gasteiger partial charge in [0.2, 0.25) is 5.91 Å². The molecule has 2 N–H and O–H groups in total. The van der Waals surface area contributed by atoms with Crippen LogP contribution in [0.3, 0.4) is 0 Å². The first-order valence-electron chi connectivity index (χ1n) is 9.40. The summed E-state index contributed by atoms with van der Waals surface area (Å²) in [5.41, 5.74) is 2.13. The standard InChI is InChI=1S/C22H18ClFN4O2S/c1-12-16-10-20(21(30)26-15-7-8-18(24)19(9-15)25-13(2)29)31-22(16)28(27-12)11-14-5-3-4-6-17(14)23/h3-10H,11H2,1-2H3,(H,25,29)(H,26,30). The molecule has 2 heterocycles. The maximum atomic E-state index is 13.8. The SMILES string of the molecule is CC(=O)Nc1cc(NC(=O)c2cc3c(C)nn(Cc4ccccc4Cl)c3s2)ccc1F. The summed E-state index contributed by atoms with van der Waals surface area (Å²) in [6, 6.07) is 13.4. The van der Waals surface area contributed by atoms with Gasteiger partial charge < -0.3 is 10.6 Å². The molecule has 158 valence electrons. The van der Waals surface area contributed by atoms with Crippen molar-refractivity contribution in [3.05, 3.63) is 75.5 Å². The first kappa shape index (κ1) is 21.0. The topological polar surface area (TPSA) is 76.0 Å². The van der Waals surface area contributed by atoms with Gasteiger partial charge in [0.25, 0.3) is 5.91 Å². The van der Waals surface area contributed by atoms with Crippen LogP contribution in [-0.2, 0) is 11.3 Å². The molecule has 0 radical (unpaired) electrons. The summed E-state index contributed by atoms with van der Waals surface area (Å²) in [5.74, 6) is -1.30. The molecule has 0 fully saturated rings. The van der Waals surface area contributed by atoms with E-state index in [1.54, 1.807) is 6.07 Å². The molecule has 0 aliphatic carbocycles. The van der Waals surface area contributed by atoms with Crippen LogP contribution in [0.25, 0.3) is 10.2 Å². The number of nitrogens with zero attached hydrogens (tertiary/aromatic N) is 2. The molecule has 0 atom stereocenters. The van der Waals surface area contributed by atoms with Crippen LogP contribution in [0.5, 0.6) is 0 Å². The van der Waals surface area contributed by atoms with Crippen molar-refractivity contribution >= 4 is 56.3 Å². The predicted molar refractivity (Wildman–Crippen MR) is 122 cm³/mol. The number of aryl methyl sites for hydroxylation is 1. The molecule has 4 aromatic rings. The number of hydrogen-bond acceptors (Lipinski definition) is 4. The van der Waals surface area contributed by atoms with Gasteiger partial charge in [-0.2, -0.15) is 5.10 Å². The molecule has 0 unspecified atom stereocenters. The molecule has 9 heteroatoms. The highest BCUT2D eigenvalue weighted by molar-refractivity contribution is 7.20. The molecule has 0 aliphatic rings. The van der Waals surface area contributed by atoms with Crippen LogP contribution in [0.15, 0.2) is 48.5 Å². The molecule has 0 saturated heterocycles. The van der Waals surface area contributed by atoms with E-state index in [0.717, 1.165) is 21.5 Å². The smallest absolute Gasteiger partial charge is 0.265 e. The van der Waals surface area contributed by atoms with E-state index in [-0.39, 0.29) is 11.6 Å². The lowest BCUT2D eigenvalue weighted by atomic mass is 10.2. The van der Waals surface area contributed by atoms with E-state index in [4.69, 9.17) is 11.6 Å². The molecule has 0 bridgehead atoms. The zero-order valence-corrected chi connectivity index (χ0v) is 18.3. The summed E-state index contributed by atoms with van der Waals surface area (Å²) in [7, 11) is 0. The fraction of sp³-hybridized carbons (Fsp3) is 0.136. The van der Waals surface area contributed by atoms with E-state index >= 15 is 0 Å². The summed E-state index contributed by atoms with van der Waals surface area (Å²) in [6.45, 7) is 3.67. The zero-order valence-electron chi connectivity index (χ0n) is 16.7. The van der Waals surface area contributed by atoms with Crippen LogP contribution in [-0.4, -0.2) is 21.6 Å². The number of rotatable bonds is 5. The first-order chi connectivity index (χ1) is 14.8. The molecule has 4 rings (SSSR count). The number of fused-ring (bicyclic) bond motifs is 1. The normalized spacial score (nSPS) is 11.0. The Labute approximate surface area is 186 Å². The molecule has 2 aromatic carbocycles. The number of amides is 2. The summed E-state index contributed by atoms with van der Waals surface area (Å²) in [5, 5.41) is 11.3. The lowest BCUT2D eigenvalue weighted by molar-refractivity contribution is -0.114. The van der Waals surface area contributed by atoms with Gasteiger partial charge in [0, 0.05) is 23.0 Å². The van der Waals surface area contributed by atoms with Crippen molar-refractivity contribution in [3.8, 4) is 0 Å². The summed E-state index contributed by atoms with van der Waals surface area (Å²) in [4.78, 5) is 25.4. The Bertz CT molecular complexity index is 1310. The van der Waals surface area contributed by atoms with Gasteiger partial charge in [-0.25, -0.2) is 4.39 Å². The van der Waals surface area contributed by atoms with Crippen molar-refractivity contribution in [3.63, 3.8) is 0 Å². The van der Waals surface area contributed by atoms with Crippen molar-refractivity contribution in [1.82, 2.24) is 9.78 Å². The van der Waals surface area contributed by atoms with Crippen molar-refractivity contribution in [2.75, 3.05) is 10.6 Å². The molecule has 0 saturated carbocycles. The van der Waals surface area contributed by atoms with Crippen LogP contribution in [0, 0.1) is 12.7 Å². The molecule has 2 amide bonds. The molecule has 0 spiro atoms. The van der Waals surface area contributed by atoms with Gasteiger partial charge in [-0.1, -0.05) is 29.8 Å².